The molecule has 1 unspecified atom stereocenters. The Morgan fingerprint density at radius 1 is 1.15 bits per heavy atom. The molecular formula is C24H20ClFN4O2S. The van der Waals surface area contributed by atoms with Gasteiger partial charge in [-0.15, -0.1) is 0 Å². The van der Waals surface area contributed by atoms with E-state index in [1.807, 2.05) is 25.1 Å². The first-order valence-electron chi connectivity index (χ1n) is 10.3. The number of benzene rings is 2. The Morgan fingerprint density at radius 3 is 2.67 bits per heavy atom. The molecule has 168 valence electrons. The number of anilines is 1. The summed E-state index contributed by atoms with van der Waals surface area (Å²) in [5.41, 5.74) is 0.866. The van der Waals surface area contributed by atoms with Crippen LogP contribution in [0.2, 0.25) is 5.02 Å². The summed E-state index contributed by atoms with van der Waals surface area (Å²) in [6, 6.07) is 16.5. The number of carbonyl (C=O) groups is 1. The molecule has 4 aromatic rings. The predicted octanol–water partition coefficient (Wildman–Crippen LogP) is 5.14. The minimum atomic E-state index is -0.616. The first kappa shape index (κ1) is 22.9. The summed E-state index contributed by atoms with van der Waals surface area (Å²) in [7, 11) is 0. The normalized spacial score (nSPS) is 12.0. The van der Waals surface area contributed by atoms with E-state index >= 15 is 0 Å². The first-order valence-corrected chi connectivity index (χ1v) is 11.5. The number of para-hydroxylation sites is 1. The van der Waals surface area contributed by atoms with Crippen LogP contribution in [-0.2, 0) is 11.3 Å². The molecule has 2 aromatic carbocycles. The van der Waals surface area contributed by atoms with Gasteiger partial charge in [-0.3, -0.25) is 14.2 Å². The number of hydrogen-bond donors (Lipinski definition) is 1. The highest BCUT2D eigenvalue weighted by Gasteiger charge is 2.23. The molecule has 0 radical (unpaired) electrons. The van der Waals surface area contributed by atoms with Crippen LogP contribution in [-0.4, -0.2) is 25.7 Å². The van der Waals surface area contributed by atoms with E-state index in [2.05, 4.69) is 15.3 Å². The van der Waals surface area contributed by atoms with E-state index < -0.39 is 11.1 Å². The van der Waals surface area contributed by atoms with Gasteiger partial charge in [0.25, 0.3) is 5.56 Å². The molecule has 2 aromatic heterocycles. The number of amides is 1. The van der Waals surface area contributed by atoms with Crippen LogP contribution < -0.4 is 10.9 Å². The van der Waals surface area contributed by atoms with Crippen LogP contribution in [0.1, 0.15) is 18.9 Å². The third-order valence-electron chi connectivity index (χ3n) is 5.02. The van der Waals surface area contributed by atoms with E-state index in [1.165, 1.54) is 16.7 Å². The van der Waals surface area contributed by atoms with E-state index in [9.17, 15) is 14.0 Å². The average Bonchev–Trinajstić information content (AvgIpc) is 2.82. The summed E-state index contributed by atoms with van der Waals surface area (Å²) in [6.07, 6.45) is 2.00. The van der Waals surface area contributed by atoms with Gasteiger partial charge < -0.3 is 5.32 Å². The third-order valence-corrected chi connectivity index (χ3v) is 6.75. The van der Waals surface area contributed by atoms with Crippen LogP contribution in [0.4, 0.5) is 10.1 Å². The number of nitrogens with zero attached hydrogens (tertiary/aromatic N) is 3. The Labute approximate surface area is 198 Å². The van der Waals surface area contributed by atoms with Crippen molar-refractivity contribution in [3.63, 3.8) is 0 Å². The summed E-state index contributed by atoms with van der Waals surface area (Å²) in [4.78, 5) is 35.0. The molecule has 1 amide bonds. The van der Waals surface area contributed by atoms with E-state index in [0.29, 0.717) is 27.6 Å². The third kappa shape index (κ3) is 5.07. The lowest BCUT2D eigenvalue weighted by atomic mass is 10.2. The van der Waals surface area contributed by atoms with Gasteiger partial charge in [-0.05, 0) is 42.3 Å². The van der Waals surface area contributed by atoms with Crippen molar-refractivity contribution in [2.24, 2.45) is 0 Å². The maximum Gasteiger partial charge on any atom is 0.263 e. The van der Waals surface area contributed by atoms with Gasteiger partial charge in [-0.25, -0.2) is 14.4 Å². The molecule has 0 saturated heterocycles. The molecule has 0 fully saturated rings. The van der Waals surface area contributed by atoms with Gasteiger partial charge in [-0.2, -0.15) is 0 Å². The molecule has 2 heterocycles. The Balaban J connectivity index is 1.72. The maximum atomic E-state index is 14.0. The zero-order valence-corrected chi connectivity index (χ0v) is 19.2. The fourth-order valence-corrected chi connectivity index (χ4v) is 4.48. The number of carbonyl (C=O) groups excluding carboxylic acids is 1. The summed E-state index contributed by atoms with van der Waals surface area (Å²) in [5.74, 6) is -0.901. The van der Waals surface area contributed by atoms with Crippen LogP contribution in [0.25, 0.3) is 11.0 Å². The molecular weight excluding hydrogens is 463 g/mol. The lowest BCUT2D eigenvalue weighted by Gasteiger charge is -2.18. The monoisotopic (exact) mass is 482 g/mol. The second-order valence-corrected chi connectivity index (χ2v) is 8.81. The number of thioether (sulfide) groups is 1. The van der Waals surface area contributed by atoms with Crippen LogP contribution >= 0.6 is 23.4 Å². The summed E-state index contributed by atoms with van der Waals surface area (Å²) in [5, 5.41) is 3.24. The lowest BCUT2D eigenvalue weighted by molar-refractivity contribution is -0.115. The summed E-state index contributed by atoms with van der Waals surface area (Å²) in [6.45, 7) is 2.03. The first-order chi connectivity index (χ1) is 16.0. The molecule has 33 heavy (non-hydrogen) atoms. The Kier molecular flexibility index (Phi) is 7.05. The second kappa shape index (κ2) is 10.1. The number of hydrogen-bond acceptors (Lipinski definition) is 5. The molecule has 0 aliphatic rings. The zero-order chi connectivity index (χ0) is 23.4. The number of aromatic nitrogens is 3. The topological polar surface area (TPSA) is 76.9 Å². The van der Waals surface area contributed by atoms with Crippen molar-refractivity contribution in [3.05, 3.63) is 93.6 Å². The van der Waals surface area contributed by atoms with Gasteiger partial charge in [0.2, 0.25) is 5.91 Å². The van der Waals surface area contributed by atoms with Crippen LogP contribution in [0.5, 0.6) is 0 Å². The molecule has 9 heteroatoms. The van der Waals surface area contributed by atoms with E-state index in [-0.39, 0.29) is 23.7 Å². The molecule has 1 N–H and O–H groups in total. The highest BCUT2D eigenvalue weighted by Crippen LogP contribution is 2.27. The van der Waals surface area contributed by atoms with Gasteiger partial charge in [0, 0.05) is 11.2 Å². The fourth-order valence-electron chi connectivity index (χ4n) is 3.29. The van der Waals surface area contributed by atoms with E-state index in [1.54, 1.807) is 36.5 Å². The Hall–Kier alpha value is -3.23. The summed E-state index contributed by atoms with van der Waals surface area (Å²) >= 11 is 7.47. The Bertz CT molecular complexity index is 1380. The standard InChI is InChI=1S/C24H20ClFN4O2S/c1-2-20(22(31)28-19-12-6-5-11-18(19)26)33-24-29-21-16(9-7-13-27-21)23(32)30(24)14-15-8-3-4-10-17(15)25/h3-13,20H,2,14H2,1H3,(H,28,31). The van der Waals surface area contributed by atoms with Crippen molar-refractivity contribution < 1.29 is 9.18 Å². The molecule has 4 rings (SSSR count). The smallest absolute Gasteiger partial charge is 0.263 e. The lowest BCUT2D eigenvalue weighted by Crippen LogP contribution is -2.29. The SMILES string of the molecule is CCC(Sc1nc2ncccc2c(=O)n1Cc1ccccc1Cl)C(=O)Nc1ccccc1F. The molecule has 0 saturated carbocycles. The molecule has 0 spiro atoms. The minimum Gasteiger partial charge on any atom is -0.323 e. The van der Waals surface area contributed by atoms with Crippen LogP contribution in [0, 0.1) is 5.82 Å². The average molecular weight is 483 g/mol. The summed E-state index contributed by atoms with van der Waals surface area (Å²) < 4.78 is 15.5. The van der Waals surface area contributed by atoms with Gasteiger partial charge in [0.05, 0.1) is 22.9 Å². The number of nitrogens with one attached hydrogen (secondary N) is 1. The highest BCUT2D eigenvalue weighted by atomic mass is 35.5. The van der Waals surface area contributed by atoms with Crippen molar-refractivity contribution in [2.45, 2.75) is 30.3 Å². The second-order valence-electron chi connectivity index (χ2n) is 7.24. The highest BCUT2D eigenvalue weighted by molar-refractivity contribution is 8.00. The van der Waals surface area contributed by atoms with E-state index in [4.69, 9.17) is 11.6 Å². The quantitative estimate of drug-likeness (QED) is 0.291. The largest absolute Gasteiger partial charge is 0.323 e. The number of rotatable bonds is 7. The van der Waals surface area contributed by atoms with Crippen LogP contribution in [0.3, 0.4) is 0 Å². The minimum absolute atomic E-state index is 0.100. The Morgan fingerprint density at radius 2 is 1.91 bits per heavy atom. The van der Waals surface area contributed by atoms with Gasteiger partial charge in [0.1, 0.15) is 5.82 Å². The van der Waals surface area contributed by atoms with Crippen molar-refractivity contribution in [1.82, 2.24) is 14.5 Å². The molecule has 0 aliphatic heterocycles. The number of fused-ring (bicyclic) bond motifs is 1. The van der Waals surface area contributed by atoms with Gasteiger partial charge in [-0.1, -0.05) is 60.6 Å². The van der Waals surface area contributed by atoms with Gasteiger partial charge >= 0.3 is 0 Å². The predicted molar refractivity (Wildman–Crippen MR) is 129 cm³/mol. The zero-order valence-electron chi connectivity index (χ0n) is 17.7. The van der Waals surface area contributed by atoms with E-state index in [0.717, 1.165) is 17.3 Å². The van der Waals surface area contributed by atoms with Crippen molar-refractivity contribution in [2.75, 3.05) is 5.32 Å². The maximum absolute atomic E-state index is 14.0. The van der Waals surface area contributed by atoms with Crippen molar-refractivity contribution in [1.29, 1.82) is 0 Å². The van der Waals surface area contributed by atoms with Crippen LogP contribution in [0.15, 0.2) is 76.8 Å². The molecule has 1 atom stereocenters. The molecule has 0 aliphatic carbocycles. The fraction of sp³-hybridized carbons (Fsp3) is 0.167. The number of pyridine rings is 1. The molecule has 0 bridgehead atoms. The van der Waals surface area contributed by atoms with Crippen molar-refractivity contribution in [3.8, 4) is 0 Å². The van der Waals surface area contributed by atoms with Crippen molar-refractivity contribution >= 4 is 46.0 Å². The number of halogens is 2. The molecule has 6 nitrogen and oxygen atoms in total. The van der Waals surface area contributed by atoms with Gasteiger partial charge in [0.15, 0.2) is 10.8 Å².